The third kappa shape index (κ3) is 3.91. The lowest BCUT2D eigenvalue weighted by molar-refractivity contribution is -0.139. The van der Waals surface area contributed by atoms with Gasteiger partial charge >= 0.3 is 6.18 Å². The summed E-state index contributed by atoms with van der Waals surface area (Å²) >= 11 is 0. The Morgan fingerprint density at radius 3 is 2.37 bits per heavy atom. The molecule has 0 aromatic heterocycles. The van der Waals surface area contributed by atoms with Crippen molar-refractivity contribution in [3.63, 3.8) is 0 Å². The molecule has 0 fully saturated rings. The van der Waals surface area contributed by atoms with Crippen molar-refractivity contribution in [3.05, 3.63) is 29.8 Å². The van der Waals surface area contributed by atoms with Crippen LogP contribution in [0.3, 0.4) is 0 Å². The van der Waals surface area contributed by atoms with Crippen LogP contribution in [0.5, 0.6) is 0 Å². The van der Waals surface area contributed by atoms with E-state index in [9.17, 15) is 26.4 Å². The monoisotopic (exact) mass is 297 g/mol. The maximum absolute atomic E-state index is 12.7. The summed E-state index contributed by atoms with van der Waals surface area (Å²) in [7, 11) is -4.47. The van der Waals surface area contributed by atoms with Crippen LogP contribution in [-0.4, -0.2) is 20.9 Å². The first-order chi connectivity index (χ1) is 8.68. The highest BCUT2D eigenvalue weighted by Crippen LogP contribution is 2.33. The highest BCUT2D eigenvalue weighted by molar-refractivity contribution is 7.89. The van der Waals surface area contributed by atoms with E-state index < -0.39 is 39.1 Å². The summed E-state index contributed by atoms with van der Waals surface area (Å²) in [6.45, 7) is -0.759. The van der Waals surface area contributed by atoms with E-state index in [-0.39, 0.29) is 0 Å². The molecule has 0 bridgehead atoms. The molecule has 10 heteroatoms. The minimum absolute atomic E-state index is 0.636. The summed E-state index contributed by atoms with van der Waals surface area (Å²) in [4.78, 5) is 9.83. The maximum atomic E-state index is 12.7. The van der Waals surface area contributed by atoms with Crippen molar-refractivity contribution >= 4 is 15.9 Å². The van der Waals surface area contributed by atoms with Crippen LogP contribution in [0.2, 0.25) is 0 Å². The molecule has 0 saturated heterocycles. The predicted octanol–water partition coefficient (Wildman–Crippen LogP) is -0.0264. The molecule has 1 rings (SSSR count). The zero-order chi connectivity index (χ0) is 14.7. The average molecular weight is 297 g/mol. The van der Waals surface area contributed by atoms with E-state index >= 15 is 0 Å². The number of carbonyl (C=O) groups is 1. The van der Waals surface area contributed by atoms with Gasteiger partial charge in [0, 0.05) is 0 Å². The zero-order valence-electron chi connectivity index (χ0n) is 9.36. The Morgan fingerprint density at radius 1 is 1.26 bits per heavy atom. The molecule has 1 aromatic rings. The molecule has 0 aliphatic rings. The van der Waals surface area contributed by atoms with Gasteiger partial charge in [0.2, 0.25) is 15.9 Å². The summed E-state index contributed by atoms with van der Waals surface area (Å²) < 4.78 is 63.1. The molecule has 0 aliphatic heterocycles. The van der Waals surface area contributed by atoms with Crippen molar-refractivity contribution in [1.82, 2.24) is 10.1 Å². The smallest absolute Gasteiger partial charge is 0.293 e. The summed E-state index contributed by atoms with van der Waals surface area (Å²) in [5.41, 5.74) is 0.336. The minimum Gasteiger partial charge on any atom is -0.293 e. The number of carbonyl (C=O) groups excluding carboxylic acids is 1. The molecular weight excluding hydrogens is 287 g/mol. The summed E-state index contributed by atoms with van der Waals surface area (Å²) in [5.74, 6) is 3.84. The second-order valence-corrected chi connectivity index (χ2v) is 5.12. The lowest BCUT2D eigenvalue weighted by Gasteiger charge is -2.13. The van der Waals surface area contributed by atoms with Crippen LogP contribution in [-0.2, 0) is 21.0 Å². The normalized spacial score (nSPS) is 12.2. The molecule has 6 nitrogen and oxygen atoms in total. The van der Waals surface area contributed by atoms with Crippen molar-refractivity contribution in [1.29, 1.82) is 0 Å². The molecule has 4 N–H and O–H groups in total. The van der Waals surface area contributed by atoms with E-state index in [0.717, 1.165) is 18.2 Å². The van der Waals surface area contributed by atoms with Gasteiger partial charge in [-0.15, -0.1) is 0 Å². The molecule has 0 atom stereocenters. The van der Waals surface area contributed by atoms with Crippen molar-refractivity contribution < 1.29 is 26.4 Å². The van der Waals surface area contributed by atoms with Gasteiger partial charge in [-0.25, -0.2) is 19.0 Å². The Kier molecular flexibility index (Phi) is 4.50. The van der Waals surface area contributed by atoms with Crippen LogP contribution in [0.1, 0.15) is 5.56 Å². The number of nitrogens with one attached hydrogen (secondary N) is 2. The van der Waals surface area contributed by atoms with Crippen LogP contribution in [0.4, 0.5) is 13.2 Å². The van der Waals surface area contributed by atoms with Crippen LogP contribution in [0, 0.1) is 0 Å². The highest BCUT2D eigenvalue weighted by atomic mass is 32.2. The lowest BCUT2D eigenvalue weighted by Crippen LogP contribution is -2.40. The molecule has 0 unspecified atom stereocenters. The van der Waals surface area contributed by atoms with Gasteiger partial charge in [-0.3, -0.25) is 10.2 Å². The number of alkyl halides is 3. The van der Waals surface area contributed by atoms with Gasteiger partial charge in [0.05, 0.1) is 17.0 Å². The quantitative estimate of drug-likeness (QED) is 0.413. The van der Waals surface area contributed by atoms with Gasteiger partial charge in [-0.2, -0.15) is 13.2 Å². The maximum Gasteiger partial charge on any atom is 0.417 e. The number of halogens is 3. The summed E-state index contributed by atoms with van der Waals surface area (Å²) in [5, 5.41) is 0. The van der Waals surface area contributed by atoms with Crippen LogP contribution in [0.15, 0.2) is 29.2 Å². The van der Waals surface area contributed by atoms with E-state index in [0.29, 0.717) is 6.07 Å². The third-order valence-electron chi connectivity index (χ3n) is 2.07. The third-order valence-corrected chi connectivity index (χ3v) is 3.53. The fourth-order valence-electron chi connectivity index (χ4n) is 1.22. The molecule has 1 aromatic carbocycles. The SMILES string of the molecule is NNC(=O)CNS(=O)(=O)c1ccccc1C(F)(F)F. The van der Waals surface area contributed by atoms with Crippen LogP contribution < -0.4 is 16.0 Å². The van der Waals surface area contributed by atoms with E-state index in [2.05, 4.69) is 0 Å². The highest BCUT2D eigenvalue weighted by Gasteiger charge is 2.36. The second kappa shape index (κ2) is 5.55. The van der Waals surface area contributed by atoms with Crippen LogP contribution in [0.25, 0.3) is 0 Å². The van der Waals surface area contributed by atoms with Gasteiger partial charge in [-0.1, -0.05) is 12.1 Å². The molecule has 0 heterocycles. The first-order valence-corrected chi connectivity index (χ1v) is 6.32. The number of hydrogen-bond donors (Lipinski definition) is 3. The lowest BCUT2D eigenvalue weighted by atomic mass is 10.2. The van der Waals surface area contributed by atoms with Crippen molar-refractivity contribution in [2.75, 3.05) is 6.54 Å². The number of benzene rings is 1. The summed E-state index contributed by atoms with van der Waals surface area (Å²) in [6.07, 6.45) is -4.82. The molecule has 0 spiro atoms. The standard InChI is InChI=1S/C9H10F3N3O3S/c10-9(11,12)6-3-1-2-4-7(6)19(17,18)14-5-8(16)15-13/h1-4,14H,5,13H2,(H,15,16). The number of hydrazine groups is 1. The number of rotatable bonds is 4. The number of amides is 1. The summed E-state index contributed by atoms with van der Waals surface area (Å²) in [6, 6.07) is 3.64. The topological polar surface area (TPSA) is 101 Å². The predicted molar refractivity (Wildman–Crippen MR) is 59.0 cm³/mol. The Balaban J connectivity index is 3.12. The van der Waals surface area contributed by atoms with Crippen LogP contribution >= 0.6 is 0 Å². The Labute approximate surface area is 106 Å². The van der Waals surface area contributed by atoms with Gasteiger partial charge < -0.3 is 0 Å². The fourth-order valence-corrected chi connectivity index (χ4v) is 2.43. The largest absolute Gasteiger partial charge is 0.417 e. The van der Waals surface area contributed by atoms with Gasteiger partial charge in [-0.05, 0) is 12.1 Å². The zero-order valence-corrected chi connectivity index (χ0v) is 10.2. The number of nitrogens with two attached hydrogens (primary N) is 1. The fraction of sp³-hybridized carbons (Fsp3) is 0.222. The van der Waals surface area contributed by atoms with E-state index in [4.69, 9.17) is 5.84 Å². The molecule has 19 heavy (non-hydrogen) atoms. The molecule has 0 radical (unpaired) electrons. The first-order valence-electron chi connectivity index (χ1n) is 4.84. The molecule has 106 valence electrons. The Morgan fingerprint density at radius 2 is 1.84 bits per heavy atom. The van der Waals surface area contributed by atoms with Gasteiger partial charge in [0.25, 0.3) is 0 Å². The molecule has 0 aliphatic carbocycles. The van der Waals surface area contributed by atoms with Crippen molar-refractivity contribution in [2.24, 2.45) is 5.84 Å². The van der Waals surface area contributed by atoms with Crippen molar-refractivity contribution in [2.45, 2.75) is 11.1 Å². The number of sulfonamides is 1. The molecule has 0 saturated carbocycles. The van der Waals surface area contributed by atoms with Gasteiger partial charge in [0.15, 0.2) is 0 Å². The number of hydrogen-bond acceptors (Lipinski definition) is 4. The minimum atomic E-state index is -4.82. The van der Waals surface area contributed by atoms with Crippen molar-refractivity contribution in [3.8, 4) is 0 Å². The first kappa shape index (κ1) is 15.4. The Hall–Kier alpha value is -1.65. The van der Waals surface area contributed by atoms with E-state index in [1.165, 1.54) is 0 Å². The van der Waals surface area contributed by atoms with E-state index in [1.54, 1.807) is 10.1 Å². The van der Waals surface area contributed by atoms with Gasteiger partial charge in [0.1, 0.15) is 0 Å². The second-order valence-electron chi connectivity index (χ2n) is 3.39. The average Bonchev–Trinajstić information content (AvgIpc) is 2.35. The van der Waals surface area contributed by atoms with E-state index in [1.807, 2.05) is 0 Å². The molecule has 1 amide bonds. The molecular formula is C9H10F3N3O3S. The Bertz CT molecular complexity index is 572.